The van der Waals surface area contributed by atoms with Crippen molar-refractivity contribution in [3.8, 4) is 11.7 Å². The van der Waals surface area contributed by atoms with Crippen LogP contribution in [0.1, 0.15) is 34.7 Å². The van der Waals surface area contributed by atoms with Crippen LogP contribution in [-0.4, -0.2) is 43.4 Å². The van der Waals surface area contributed by atoms with Gasteiger partial charge >= 0.3 is 12.4 Å². The van der Waals surface area contributed by atoms with Gasteiger partial charge in [-0.05, 0) is 31.2 Å². The maximum atomic E-state index is 13.2. The van der Waals surface area contributed by atoms with Crippen LogP contribution in [0.5, 0.6) is 5.75 Å². The fourth-order valence-electron chi connectivity index (χ4n) is 2.59. The van der Waals surface area contributed by atoms with Gasteiger partial charge in [0.1, 0.15) is 12.1 Å². The van der Waals surface area contributed by atoms with Gasteiger partial charge in [0.2, 0.25) is 0 Å². The molecule has 1 N–H and O–H groups in total. The summed E-state index contributed by atoms with van der Waals surface area (Å²) in [7, 11) is 0. The van der Waals surface area contributed by atoms with E-state index in [2.05, 4.69) is 30.1 Å². The molecule has 0 bridgehead atoms. The van der Waals surface area contributed by atoms with Gasteiger partial charge in [-0.15, -0.1) is 0 Å². The molecule has 1 aromatic carbocycles. The molecule has 0 radical (unpaired) electrons. The molecule has 0 saturated heterocycles. The Kier molecular flexibility index (Phi) is 6.32. The van der Waals surface area contributed by atoms with Crippen LogP contribution in [-0.2, 0) is 6.18 Å². The van der Waals surface area contributed by atoms with Crippen molar-refractivity contribution < 1.29 is 35.9 Å². The van der Waals surface area contributed by atoms with Crippen LogP contribution in [0.4, 0.5) is 26.3 Å². The Morgan fingerprint density at radius 3 is 2.41 bits per heavy atom. The molecule has 0 saturated carbocycles. The molecule has 1 atom stereocenters. The van der Waals surface area contributed by atoms with Gasteiger partial charge in [-0.2, -0.15) is 36.1 Å². The maximum absolute atomic E-state index is 13.2. The summed E-state index contributed by atoms with van der Waals surface area (Å²) in [5, 5.41) is 6.37. The second-order valence-corrected chi connectivity index (χ2v) is 6.42. The Morgan fingerprint density at radius 2 is 1.78 bits per heavy atom. The zero-order chi connectivity index (χ0) is 23.5. The van der Waals surface area contributed by atoms with Gasteiger partial charge in [-0.1, -0.05) is 0 Å². The Bertz CT molecular complexity index is 1080. The molecule has 2 heterocycles. The number of alkyl halides is 6. The molecule has 0 aliphatic rings. The number of nitrogens with zero attached hydrogens (tertiary/aromatic N) is 5. The van der Waals surface area contributed by atoms with E-state index in [9.17, 15) is 31.1 Å². The minimum atomic E-state index is -4.91. The molecular weight excluding hydrogens is 446 g/mol. The van der Waals surface area contributed by atoms with E-state index in [1.807, 2.05) is 0 Å². The molecule has 0 spiro atoms. The van der Waals surface area contributed by atoms with Crippen molar-refractivity contribution in [3.63, 3.8) is 0 Å². The van der Waals surface area contributed by atoms with Gasteiger partial charge in [-0.3, -0.25) is 4.79 Å². The van der Waals surface area contributed by atoms with Crippen LogP contribution >= 0.6 is 0 Å². The summed E-state index contributed by atoms with van der Waals surface area (Å²) >= 11 is 0. The van der Waals surface area contributed by atoms with E-state index in [-0.39, 0.29) is 11.8 Å². The third-order valence-electron chi connectivity index (χ3n) is 3.95. The summed E-state index contributed by atoms with van der Waals surface area (Å²) in [5.41, 5.74) is -1.89. The van der Waals surface area contributed by atoms with Crippen LogP contribution in [0, 0.1) is 0 Å². The topological polar surface area (TPSA) is 94.8 Å². The second-order valence-electron chi connectivity index (χ2n) is 6.42. The number of halogens is 6. The van der Waals surface area contributed by atoms with Crippen LogP contribution in [0.2, 0.25) is 0 Å². The number of rotatable bonds is 6. The van der Waals surface area contributed by atoms with Crippen molar-refractivity contribution >= 4 is 5.91 Å². The zero-order valence-corrected chi connectivity index (χ0v) is 16.1. The van der Waals surface area contributed by atoms with E-state index >= 15 is 0 Å². The molecule has 32 heavy (non-hydrogen) atoms. The number of nitrogens with one attached hydrogen (secondary N) is 1. The highest BCUT2D eigenvalue weighted by molar-refractivity contribution is 5.95. The summed E-state index contributed by atoms with van der Waals surface area (Å²) in [6.07, 6.45) is -5.62. The summed E-state index contributed by atoms with van der Waals surface area (Å²) in [4.78, 5) is 24.6. The van der Waals surface area contributed by atoms with Gasteiger partial charge in [0.05, 0.1) is 11.6 Å². The van der Waals surface area contributed by atoms with E-state index in [1.165, 1.54) is 30.3 Å². The first kappa shape index (κ1) is 23.0. The largest absolute Gasteiger partial charge is 0.484 e. The molecule has 0 aliphatic carbocycles. The molecule has 1 amide bonds. The smallest absolute Gasteiger partial charge is 0.422 e. The average molecular weight is 460 g/mol. The standard InChI is InChI=1S/C18H14F6N6O2/c1-10(14-27-9-28-30(14)16-25-3-2-4-26-16)29-15(31)11-5-12(18(22,23)24)7-13(6-11)32-8-17(19,20)21/h2-7,9-10H,8H2,1H3,(H,29,31). The SMILES string of the molecule is CC(NC(=O)c1cc(OCC(F)(F)F)cc(C(F)(F)F)c1)c1ncnn1-c1ncccn1. The van der Waals surface area contributed by atoms with Crippen LogP contribution in [0.25, 0.3) is 5.95 Å². The van der Waals surface area contributed by atoms with E-state index in [1.54, 1.807) is 6.07 Å². The van der Waals surface area contributed by atoms with Crippen molar-refractivity contribution in [2.24, 2.45) is 0 Å². The summed E-state index contributed by atoms with van der Waals surface area (Å²) in [6, 6.07) is 2.37. The molecule has 14 heteroatoms. The number of hydrogen-bond donors (Lipinski definition) is 1. The van der Waals surface area contributed by atoms with E-state index in [4.69, 9.17) is 0 Å². The highest BCUT2D eigenvalue weighted by Crippen LogP contribution is 2.33. The molecule has 170 valence electrons. The molecule has 0 fully saturated rings. The lowest BCUT2D eigenvalue weighted by atomic mass is 10.1. The predicted molar refractivity (Wildman–Crippen MR) is 95.8 cm³/mol. The number of benzene rings is 1. The summed E-state index contributed by atoms with van der Waals surface area (Å²) < 4.78 is 82.3. The quantitative estimate of drug-likeness (QED) is 0.566. The number of carbonyl (C=O) groups is 1. The van der Waals surface area contributed by atoms with E-state index in [0.29, 0.717) is 12.1 Å². The summed E-state index contributed by atoms with van der Waals surface area (Å²) in [5.74, 6) is -1.44. The Labute approximate surface area is 176 Å². The number of amides is 1. The molecule has 8 nitrogen and oxygen atoms in total. The number of carbonyl (C=O) groups excluding carboxylic acids is 1. The zero-order valence-electron chi connectivity index (χ0n) is 16.1. The minimum absolute atomic E-state index is 0.142. The van der Waals surface area contributed by atoms with Crippen LogP contribution < -0.4 is 10.1 Å². The first-order valence-corrected chi connectivity index (χ1v) is 8.84. The average Bonchev–Trinajstić information content (AvgIpc) is 3.21. The minimum Gasteiger partial charge on any atom is -0.484 e. The van der Waals surface area contributed by atoms with Gasteiger partial charge in [-0.25, -0.2) is 15.0 Å². The normalized spacial score (nSPS) is 13.0. The van der Waals surface area contributed by atoms with Crippen molar-refractivity contribution in [2.45, 2.75) is 25.3 Å². The van der Waals surface area contributed by atoms with Crippen LogP contribution in [0.3, 0.4) is 0 Å². The predicted octanol–water partition coefficient (Wildman–Crippen LogP) is 3.51. The van der Waals surface area contributed by atoms with Gasteiger partial charge in [0, 0.05) is 18.0 Å². The fraction of sp³-hybridized carbons (Fsp3) is 0.278. The molecule has 3 rings (SSSR count). The molecule has 3 aromatic rings. The Morgan fingerprint density at radius 1 is 1.09 bits per heavy atom. The second kappa shape index (κ2) is 8.80. The lowest BCUT2D eigenvalue weighted by Gasteiger charge is -2.16. The van der Waals surface area contributed by atoms with Gasteiger partial charge < -0.3 is 10.1 Å². The van der Waals surface area contributed by atoms with Crippen molar-refractivity contribution in [1.29, 1.82) is 0 Å². The summed E-state index contributed by atoms with van der Waals surface area (Å²) in [6.45, 7) is -0.331. The third-order valence-corrected chi connectivity index (χ3v) is 3.95. The Hall–Kier alpha value is -3.71. The highest BCUT2D eigenvalue weighted by atomic mass is 19.4. The first-order chi connectivity index (χ1) is 14.9. The number of ether oxygens (including phenoxy) is 1. The number of hydrogen-bond acceptors (Lipinski definition) is 6. The number of aromatic nitrogens is 5. The van der Waals surface area contributed by atoms with Crippen LogP contribution in [0.15, 0.2) is 43.0 Å². The molecule has 2 aromatic heterocycles. The van der Waals surface area contributed by atoms with E-state index < -0.39 is 47.8 Å². The molecular formula is C18H14F6N6O2. The molecule has 1 unspecified atom stereocenters. The lowest BCUT2D eigenvalue weighted by molar-refractivity contribution is -0.153. The van der Waals surface area contributed by atoms with E-state index in [0.717, 1.165) is 6.07 Å². The van der Waals surface area contributed by atoms with Gasteiger partial charge in [0.25, 0.3) is 11.9 Å². The van der Waals surface area contributed by atoms with Crippen molar-refractivity contribution in [1.82, 2.24) is 30.0 Å². The molecule has 0 aliphatic heterocycles. The van der Waals surface area contributed by atoms with Crippen molar-refractivity contribution in [2.75, 3.05) is 6.61 Å². The monoisotopic (exact) mass is 460 g/mol. The first-order valence-electron chi connectivity index (χ1n) is 8.84. The third kappa shape index (κ3) is 5.70. The fourth-order valence-corrected chi connectivity index (χ4v) is 2.59. The van der Waals surface area contributed by atoms with Gasteiger partial charge in [0.15, 0.2) is 12.4 Å². The Balaban J connectivity index is 1.85. The maximum Gasteiger partial charge on any atom is 0.422 e. The van der Waals surface area contributed by atoms with Crippen molar-refractivity contribution in [3.05, 3.63) is 59.9 Å². The highest BCUT2D eigenvalue weighted by Gasteiger charge is 2.33. The lowest BCUT2D eigenvalue weighted by Crippen LogP contribution is -2.29.